The number of thioether (sulfide) groups is 1. The predicted molar refractivity (Wildman–Crippen MR) is 105 cm³/mol. The minimum absolute atomic E-state index is 0.224. The fourth-order valence-electron chi connectivity index (χ4n) is 4.27. The van der Waals surface area contributed by atoms with Gasteiger partial charge in [-0.05, 0) is 38.3 Å². The summed E-state index contributed by atoms with van der Waals surface area (Å²) in [6, 6.07) is 1.89. The third kappa shape index (κ3) is 3.02. The number of rotatable bonds is 7. The highest BCUT2D eigenvalue weighted by Gasteiger charge is 2.62. The molecule has 1 saturated heterocycles. The summed E-state index contributed by atoms with van der Waals surface area (Å²) in [5.74, 6) is 4.19. The van der Waals surface area contributed by atoms with Crippen LogP contribution in [0, 0.1) is 12.8 Å². The van der Waals surface area contributed by atoms with Crippen molar-refractivity contribution < 1.29 is 4.42 Å². The van der Waals surface area contributed by atoms with E-state index in [2.05, 4.69) is 30.0 Å². The van der Waals surface area contributed by atoms with Crippen molar-refractivity contribution in [1.29, 1.82) is 0 Å². The number of aromatic nitrogens is 6. The van der Waals surface area contributed by atoms with Gasteiger partial charge in [0.25, 0.3) is 0 Å². The SMILES string of the molecule is Cc1ncoc1-c1nnc(SCCCN2C[C@H]3C[C@@]3(c3ncccn3)C2)n1C. The van der Waals surface area contributed by atoms with Crippen LogP contribution >= 0.6 is 11.8 Å². The molecule has 4 heterocycles. The molecule has 2 aliphatic rings. The molecule has 3 aromatic rings. The summed E-state index contributed by atoms with van der Waals surface area (Å²) in [5.41, 5.74) is 1.05. The Kier molecular flexibility index (Phi) is 4.43. The Hall–Kier alpha value is -2.26. The summed E-state index contributed by atoms with van der Waals surface area (Å²) < 4.78 is 7.41. The Morgan fingerprint density at radius 3 is 2.89 bits per heavy atom. The lowest BCUT2D eigenvalue weighted by molar-refractivity contribution is 0.297. The molecule has 0 N–H and O–H groups in total. The van der Waals surface area contributed by atoms with Crippen molar-refractivity contribution in [3.05, 3.63) is 36.4 Å². The van der Waals surface area contributed by atoms with Crippen LogP contribution in [0.2, 0.25) is 0 Å². The van der Waals surface area contributed by atoms with Gasteiger partial charge < -0.3 is 13.9 Å². The molecular formula is C19H23N7OS. The van der Waals surface area contributed by atoms with Gasteiger partial charge in [0, 0.05) is 43.7 Å². The molecule has 1 aliphatic heterocycles. The van der Waals surface area contributed by atoms with Crippen molar-refractivity contribution in [1.82, 2.24) is 34.6 Å². The third-order valence-corrected chi connectivity index (χ3v) is 6.97. The molecule has 0 bridgehead atoms. The van der Waals surface area contributed by atoms with Crippen LogP contribution in [-0.2, 0) is 12.5 Å². The van der Waals surface area contributed by atoms with E-state index in [4.69, 9.17) is 4.42 Å². The molecule has 2 fully saturated rings. The fraction of sp³-hybridized carbons (Fsp3) is 0.526. The van der Waals surface area contributed by atoms with E-state index in [1.54, 1.807) is 11.8 Å². The Balaban J connectivity index is 1.13. The van der Waals surface area contributed by atoms with Gasteiger partial charge >= 0.3 is 0 Å². The smallest absolute Gasteiger partial charge is 0.202 e. The maximum Gasteiger partial charge on any atom is 0.202 e. The van der Waals surface area contributed by atoms with Crippen LogP contribution in [-0.4, -0.2) is 60.0 Å². The molecule has 8 nitrogen and oxygen atoms in total. The summed E-state index contributed by atoms with van der Waals surface area (Å²) in [7, 11) is 1.97. The van der Waals surface area contributed by atoms with Gasteiger partial charge in [-0.1, -0.05) is 11.8 Å². The summed E-state index contributed by atoms with van der Waals surface area (Å²) in [6.07, 6.45) is 7.53. The lowest BCUT2D eigenvalue weighted by Gasteiger charge is -2.19. The molecule has 1 saturated carbocycles. The normalized spacial score (nSPS) is 23.9. The van der Waals surface area contributed by atoms with Crippen LogP contribution in [0.4, 0.5) is 0 Å². The van der Waals surface area contributed by atoms with Crippen molar-refractivity contribution in [2.45, 2.75) is 30.3 Å². The van der Waals surface area contributed by atoms with Gasteiger partial charge in [-0.25, -0.2) is 15.0 Å². The van der Waals surface area contributed by atoms with Crippen LogP contribution in [0.15, 0.2) is 34.4 Å². The molecule has 5 rings (SSSR count). The first-order valence-electron chi connectivity index (χ1n) is 9.60. The van der Waals surface area contributed by atoms with E-state index in [9.17, 15) is 0 Å². The first-order chi connectivity index (χ1) is 13.7. The van der Waals surface area contributed by atoms with Crippen LogP contribution in [0.1, 0.15) is 24.4 Å². The van der Waals surface area contributed by atoms with Crippen molar-refractivity contribution in [2.75, 3.05) is 25.4 Å². The highest BCUT2D eigenvalue weighted by atomic mass is 32.2. The fourth-order valence-corrected chi connectivity index (χ4v) is 5.10. The number of nitrogens with zero attached hydrogens (tertiary/aromatic N) is 7. The Bertz CT molecular complexity index is 972. The number of fused-ring (bicyclic) bond motifs is 1. The molecule has 0 unspecified atom stereocenters. The Morgan fingerprint density at radius 2 is 2.11 bits per heavy atom. The molecule has 1 aliphatic carbocycles. The maximum atomic E-state index is 5.44. The second-order valence-electron chi connectivity index (χ2n) is 7.70. The van der Waals surface area contributed by atoms with Gasteiger partial charge in [0.1, 0.15) is 5.82 Å². The van der Waals surface area contributed by atoms with Gasteiger partial charge in [-0.3, -0.25) is 0 Å². The maximum absolute atomic E-state index is 5.44. The number of oxazole rings is 1. The number of likely N-dealkylation sites (tertiary alicyclic amines) is 1. The lowest BCUT2D eigenvalue weighted by Crippen LogP contribution is -2.28. The van der Waals surface area contributed by atoms with Gasteiger partial charge in [0.15, 0.2) is 17.3 Å². The standard InChI is InChI=1S/C19H23N7OS/c1-13-15(27-12-22-13)16-23-24-18(25(16)2)28-8-4-7-26-10-14-9-19(14,11-26)17-20-5-3-6-21-17/h3,5-6,12,14H,4,7-11H2,1-2H3/t14-,19-/m1/s1. The number of hydrogen-bond acceptors (Lipinski definition) is 8. The lowest BCUT2D eigenvalue weighted by atomic mass is 10.1. The van der Waals surface area contributed by atoms with Crippen molar-refractivity contribution in [3.8, 4) is 11.6 Å². The molecule has 28 heavy (non-hydrogen) atoms. The minimum Gasteiger partial charge on any atom is -0.440 e. The number of hydrogen-bond donors (Lipinski definition) is 0. The quantitative estimate of drug-likeness (QED) is 0.444. The predicted octanol–water partition coefficient (Wildman–Crippen LogP) is 2.32. The summed E-state index contributed by atoms with van der Waals surface area (Å²) in [5, 5.41) is 9.48. The van der Waals surface area contributed by atoms with E-state index < -0.39 is 0 Å². The van der Waals surface area contributed by atoms with Crippen LogP contribution in [0.5, 0.6) is 0 Å². The van der Waals surface area contributed by atoms with Gasteiger partial charge in [-0.2, -0.15) is 0 Å². The summed E-state index contributed by atoms with van der Waals surface area (Å²) >= 11 is 1.74. The summed E-state index contributed by atoms with van der Waals surface area (Å²) in [6.45, 7) is 5.27. The second-order valence-corrected chi connectivity index (χ2v) is 8.76. The van der Waals surface area contributed by atoms with Crippen molar-refractivity contribution >= 4 is 11.8 Å². The zero-order valence-corrected chi connectivity index (χ0v) is 16.9. The van der Waals surface area contributed by atoms with E-state index in [0.717, 1.165) is 53.7 Å². The molecule has 0 aromatic carbocycles. The highest BCUT2D eigenvalue weighted by Crippen LogP contribution is 2.57. The molecule has 0 spiro atoms. The first kappa shape index (κ1) is 17.8. The zero-order chi connectivity index (χ0) is 19.1. The average molecular weight is 398 g/mol. The van der Waals surface area contributed by atoms with Crippen LogP contribution in [0.25, 0.3) is 11.6 Å². The van der Waals surface area contributed by atoms with Gasteiger partial charge in [-0.15, -0.1) is 10.2 Å². The molecular weight excluding hydrogens is 374 g/mol. The minimum atomic E-state index is 0.224. The molecule has 9 heteroatoms. The van der Waals surface area contributed by atoms with E-state index in [0.29, 0.717) is 5.76 Å². The van der Waals surface area contributed by atoms with E-state index >= 15 is 0 Å². The molecule has 0 amide bonds. The topological polar surface area (TPSA) is 85.8 Å². The Labute approximate surface area is 167 Å². The van der Waals surface area contributed by atoms with Crippen molar-refractivity contribution in [3.63, 3.8) is 0 Å². The van der Waals surface area contributed by atoms with Crippen LogP contribution in [0.3, 0.4) is 0 Å². The highest BCUT2D eigenvalue weighted by molar-refractivity contribution is 7.99. The van der Waals surface area contributed by atoms with Gasteiger partial charge in [0.2, 0.25) is 5.82 Å². The monoisotopic (exact) mass is 397 g/mol. The zero-order valence-electron chi connectivity index (χ0n) is 16.1. The van der Waals surface area contributed by atoms with Crippen LogP contribution < -0.4 is 0 Å². The molecule has 146 valence electrons. The number of aryl methyl sites for hydroxylation is 1. The molecule has 2 atom stereocenters. The second kappa shape index (κ2) is 6.97. The first-order valence-corrected chi connectivity index (χ1v) is 10.6. The van der Waals surface area contributed by atoms with Crippen molar-refractivity contribution in [2.24, 2.45) is 13.0 Å². The molecule has 0 radical (unpaired) electrons. The molecule has 3 aromatic heterocycles. The van der Waals surface area contributed by atoms with E-state index in [-0.39, 0.29) is 5.41 Å². The third-order valence-electron chi connectivity index (χ3n) is 5.86. The average Bonchev–Trinajstić information content (AvgIpc) is 3.02. The van der Waals surface area contributed by atoms with Gasteiger partial charge in [0.05, 0.1) is 5.69 Å². The van der Waals surface area contributed by atoms with E-state index in [1.165, 1.54) is 19.4 Å². The Morgan fingerprint density at radius 1 is 1.25 bits per heavy atom. The van der Waals surface area contributed by atoms with E-state index in [1.807, 2.05) is 37.0 Å². The number of piperidine rings is 1. The summed E-state index contributed by atoms with van der Waals surface area (Å²) in [4.78, 5) is 15.7. The largest absolute Gasteiger partial charge is 0.440 e.